The molecule has 0 spiro atoms. The van der Waals surface area contributed by atoms with Crippen molar-refractivity contribution in [1.82, 2.24) is 0 Å². The Morgan fingerprint density at radius 1 is 1.20 bits per heavy atom. The van der Waals surface area contributed by atoms with Crippen molar-refractivity contribution in [1.29, 1.82) is 0 Å². The molecule has 3 rings (SSSR count). The second-order valence-corrected chi connectivity index (χ2v) is 7.16. The summed E-state index contributed by atoms with van der Waals surface area (Å²) in [4.78, 5) is 25.8. The van der Waals surface area contributed by atoms with Gasteiger partial charge < -0.3 is 10.2 Å². The van der Waals surface area contributed by atoms with E-state index in [-0.39, 0.29) is 11.8 Å². The molecule has 1 aliphatic rings. The number of amides is 2. The number of benzene rings is 2. The van der Waals surface area contributed by atoms with E-state index < -0.39 is 0 Å². The summed E-state index contributed by atoms with van der Waals surface area (Å²) in [7, 11) is 0. The van der Waals surface area contributed by atoms with E-state index >= 15 is 0 Å². The first-order chi connectivity index (χ1) is 12.1. The van der Waals surface area contributed by atoms with E-state index in [9.17, 15) is 9.59 Å². The van der Waals surface area contributed by atoms with Crippen molar-refractivity contribution < 1.29 is 9.59 Å². The Balaban J connectivity index is 1.53. The van der Waals surface area contributed by atoms with Gasteiger partial charge in [-0.3, -0.25) is 9.59 Å². The van der Waals surface area contributed by atoms with Crippen LogP contribution in [0.2, 0.25) is 0 Å². The first kappa shape index (κ1) is 17.5. The van der Waals surface area contributed by atoms with Crippen LogP contribution in [0, 0.1) is 6.92 Å². The lowest BCUT2D eigenvalue weighted by Crippen LogP contribution is -2.24. The smallest absolute Gasteiger partial charge is 0.234 e. The number of anilines is 2. The number of nitrogens with zero attached hydrogens (tertiary/aromatic N) is 1. The van der Waals surface area contributed by atoms with Crippen molar-refractivity contribution in [3.05, 3.63) is 59.7 Å². The SMILES string of the molecule is Cc1cc(NC(=O)CSCc2ccccc2)ccc1N1CCCC1=O. The molecule has 5 heteroatoms. The van der Waals surface area contributed by atoms with Crippen LogP contribution in [0.5, 0.6) is 0 Å². The molecule has 2 aromatic rings. The first-order valence-electron chi connectivity index (χ1n) is 8.46. The van der Waals surface area contributed by atoms with Crippen LogP contribution in [-0.2, 0) is 15.3 Å². The Morgan fingerprint density at radius 3 is 2.68 bits per heavy atom. The van der Waals surface area contributed by atoms with Gasteiger partial charge in [-0.25, -0.2) is 0 Å². The van der Waals surface area contributed by atoms with Gasteiger partial charge in [0.1, 0.15) is 0 Å². The maximum atomic E-state index is 12.1. The van der Waals surface area contributed by atoms with Gasteiger partial charge in [-0.15, -0.1) is 11.8 Å². The van der Waals surface area contributed by atoms with Crippen LogP contribution in [0.3, 0.4) is 0 Å². The molecule has 0 radical (unpaired) electrons. The van der Waals surface area contributed by atoms with Crippen LogP contribution in [0.15, 0.2) is 48.5 Å². The topological polar surface area (TPSA) is 49.4 Å². The van der Waals surface area contributed by atoms with Crippen molar-refractivity contribution in [2.45, 2.75) is 25.5 Å². The zero-order valence-corrected chi connectivity index (χ0v) is 15.1. The normalized spacial score (nSPS) is 14.0. The monoisotopic (exact) mass is 354 g/mol. The average molecular weight is 354 g/mol. The molecule has 1 heterocycles. The third-order valence-electron chi connectivity index (χ3n) is 4.19. The second kappa shape index (κ2) is 8.21. The lowest BCUT2D eigenvalue weighted by Gasteiger charge is -2.19. The van der Waals surface area contributed by atoms with Gasteiger partial charge in [-0.05, 0) is 42.7 Å². The molecular formula is C20H22N2O2S. The number of hydrogen-bond donors (Lipinski definition) is 1. The van der Waals surface area contributed by atoms with Crippen LogP contribution in [0.1, 0.15) is 24.0 Å². The molecule has 0 aliphatic carbocycles. The van der Waals surface area contributed by atoms with Crippen molar-refractivity contribution in [2.24, 2.45) is 0 Å². The molecule has 2 amide bonds. The minimum absolute atomic E-state index is 0.00895. The van der Waals surface area contributed by atoms with E-state index in [1.54, 1.807) is 11.8 Å². The molecule has 0 bridgehead atoms. The van der Waals surface area contributed by atoms with Crippen LogP contribution < -0.4 is 10.2 Å². The van der Waals surface area contributed by atoms with Gasteiger partial charge in [0.05, 0.1) is 5.75 Å². The summed E-state index contributed by atoms with van der Waals surface area (Å²) in [5.41, 5.74) is 3.94. The Hall–Kier alpha value is -2.27. The van der Waals surface area contributed by atoms with E-state index in [1.165, 1.54) is 5.56 Å². The van der Waals surface area contributed by atoms with Gasteiger partial charge in [0.25, 0.3) is 0 Å². The zero-order chi connectivity index (χ0) is 17.6. The fourth-order valence-corrected chi connectivity index (χ4v) is 3.76. The highest BCUT2D eigenvalue weighted by Gasteiger charge is 2.22. The molecule has 25 heavy (non-hydrogen) atoms. The molecule has 0 atom stereocenters. The number of hydrogen-bond acceptors (Lipinski definition) is 3. The highest BCUT2D eigenvalue weighted by atomic mass is 32.2. The van der Waals surface area contributed by atoms with Gasteiger partial charge >= 0.3 is 0 Å². The standard InChI is InChI=1S/C20H22N2O2S/c1-15-12-17(9-10-18(15)22-11-5-8-20(22)24)21-19(23)14-25-13-16-6-3-2-4-7-16/h2-4,6-7,9-10,12H,5,8,11,13-14H2,1H3,(H,21,23). The number of carbonyl (C=O) groups excluding carboxylic acids is 2. The van der Waals surface area contributed by atoms with Crippen molar-refractivity contribution in [2.75, 3.05) is 22.5 Å². The minimum atomic E-state index is -0.00895. The van der Waals surface area contributed by atoms with Crippen LogP contribution in [0.4, 0.5) is 11.4 Å². The summed E-state index contributed by atoms with van der Waals surface area (Å²) in [6.45, 7) is 2.75. The largest absolute Gasteiger partial charge is 0.325 e. The molecule has 0 saturated carbocycles. The predicted octanol–water partition coefficient (Wildman–Crippen LogP) is 3.99. The summed E-state index contributed by atoms with van der Waals surface area (Å²) in [5.74, 6) is 1.41. The van der Waals surface area contributed by atoms with Crippen LogP contribution in [0.25, 0.3) is 0 Å². The molecule has 130 valence electrons. The number of rotatable bonds is 6. The van der Waals surface area contributed by atoms with Crippen LogP contribution in [-0.4, -0.2) is 24.1 Å². The van der Waals surface area contributed by atoms with E-state index in [1.807, 2.05) is 48.2 Å². The van der Waals surface area contributed by atoms with E-state index in [0.29, 0.717) is 12.2 Å². The Labute approximate surface area is 152 Å². The zero-order valence-electron chi connectivity index (χ0n) is 14.3. The summed E-state index contributed by atoms with van der Waals surface area (Å²) >= 11 is 1.60. The summed E-state index contributed by atoms with van der Waals surface area (Å²) in [5, 5.41) is 2.93. The van der Waals surface area contributed by atoms with Crippen LogP contribution >= 0.6 is 11.8 Å². The lowest BCUT2D eigenvalue weighted by molar-refractivity contribution is -0.117. The van der Waals surface area contributed by atoms with Crippen molar-refractivity contribution in [3.8, 4) is 0 Å². The van der Waals surface area contributed by atoms with Gasteiger partial charge in [0.15, 0.2) is 0 Å². The first-order valence-corrected chi connectivity index (χ1v) is 9.61. The van der Waals surface area contributed by atoms with Gasteiger partial charge in [-0.1, -0.05) is 30.3 Å². The number of carbonyl (C=O) groups is 2. The van der Waals surface area contributed by atoms with E-state index in [0.717, 1.165) is 35.7 Å². The maximum absolute atomic E-state index is 12.1. The molecule has 1 saturated heterocycles. The molecule has 0 aromatic heterocycles. The molecule has 1 aliphatic heterocycles. The summed E-state index contributed by atoms with van der Waals surface area (Å²) in [6, 6.07) is 15.8. The molecular weight excluding hydrogens is 332 g/mol. The molecule has 2 aromatic carbocycles. The highest BCUT2D eigenvalue weighted by molar-refractivity contribution is 7.99. The van der Waals surface area contributed by atoms with E-state index in [2.05, 4.69) is 17.4 Å². The second-order valence-electron chi connectivity index (χ2n) is 6.18. The van der Waals surface area contributed by atoms with Gasteiger partial charge in [-0.2, -0.15) is 0 Å². The van der Waals surface area contributed by atoms with Gasteiger partial charge in [0, 0.05) is 30.1 Å². The fraction of sp³-hybridized carbons (Fsp3) is 0.300. The molecule has 1 N–H and O–H groups in total. The Bertz CT molecular complexity index is 762. The molecule has 1 fully saturated rings. The highest BCUT2D eigenvalue weighted by Crippen LogP contribution is 2.27. The third kappa shape index (κ3) is 4.63. The summed E-state index contributed by atoms with van der Waals surface area (Å²) in [6.07, 6.45) is 1.53. The maximum Gasteiger partial charge on any atom is 0.234 e. The Kier molecular flexibility index (Phi) is 5.76. The minimum Gasteiger partial charge on any atom is -0.325 e. The quantitative estimate of drug-likeness (QED) is 0.853. The third-order valence-corrected chi connectivity index (χ3v) is 5.19. The van der Waals surface area contributed by atoms with Gasteiger partial charge in [0.2, 0.25) is 11.8 Å². The van der Waals surface area contributed by atoms with Crippen molar-refractivity contribution >= 4 is 35.0 Å². The Morgan fingerprint density at radius 2 is 2.00 bits per heavy atom. The van der Waals surface area contributed by atoms with Crippen molar-refractivity contribution in [3.63, 3.8) is 0 Å². The number of nitrogens with one attached hydrogen (secondary N) is 1. The number of thioether (sulfide) groups is 1. The number of aryl methyl sites for hydroxylation is 1. The molecule has 4 nitrogen and oxygen atoms in total. The van der Waals surface area contributed by atoms with E-state index in [4.69, 9.17) is 0 Å². The lowest BCUT2D eigenvalue weighted by atomic mass is 10.1. The molecule has 0 unspecified atom stereocenters. The fourth-order valence-electron chi connectivity index (χ4n) is 2.97. The summed E-state index contributed by atoms with van der Waals surface area (Å²) < 4.78 is 0. The average Bonchev–Trinajstić information content (AvgIpc) is 3.02. The predicted molar refractivity (Wildman–Crippen MR) is 104 cm³/mol.